The lowest BCUT2D eigenvalue weighted by Gasteiger charge is -2.17. The normalized spacial score (nSPS) is 11.5. The summed E-state index contributed by atoms with van der Waals surface area (Å²) in [5.74, 6) is -0.716. The molecule has 4 aromatic rings. The van der Waals surface area contributed by atoms with Gasteiger partial charge in [-0.15, -0.1) is 0 Å². The minimum atomic E-state index is -0.677. The maximum Gasteiger partial charge on any atom is 0.255 e. The number of hydrogen-bond donors (Lipinski definition) is 2. The van der Waals surface area contributed by atoms with E-state index < -0.39 is 11.9 Å². The van der Waals surface area contributed by atoms with Crippen molar-refractivity contribution in [2.24, 2.45) is 0 Å². The molecule has 0 aliphatic rings. The standard InChI is InChI=1S/C28H24N2O3/c1-19-8-7-13-25(30-27(32)23-15-14-21-11-5-6-12-22(21)17-23)26(19)28(33)29-24(18-31)16-20-9-3-2-4-10-20/h2-15,17-18,24H,16H2,1H3,(H,29,33)(H,30,32). The largest absolute Gasteiger partial charge is 0.342 e. The van der Waals surface area contributed by atoms with Gasteiger partial charge in [0.1, 0.15) is 6.29 Å². The average molecular weight is 437 g/mol. The molecule has 4 aromatic carbocycles. The lowest BCUT2D eigenvalue weighted by atomic mass is 10.0. The maximum absolute atomic E-state index is 13.1. The van der Waals surface area contributed by atoms with Crippen molar-refractivity contribution in [3.63, 3.8) is 0 Å². The van der Waals surface area contributed by atoms with Crippen molar-refractivity contribution in [1.29, 1.82) is 0 Å². The molecule has 0 radical (unpaired) electrons. The Morgan fingerprint density at radius 2 is 1.55 bits per heavy atom. The molecule has 0 heterocycles. The van der Waals surface area contributed by atoms with E-state index in [1.165, 1.54) is 0 Å². The predicted molar refractivity (Wildman–Crippen MR) is 131 cm³/mol. The third kappa shape index (κ3) is 5.15. The minimum Gasteiger partial charge on any atom is -0.342 e. The minimum absolute atomic E-state index is 0.309. The van der Waals surface area contributed by atoms with Crippen molar-refractivity contribution < 1.29 is 14.4 Å². The van der Waals surface area contributed by atoms with Gasteiger partial charge in [-0.2, -0.15) is 0 Å². The van der Waals surface area contributed by atoms with Gasteiger partial charge in [0.25, 0.3) is 11.8 Å². The van der Waals surface area contributed by atoms with Crippen LogP contribution in [0.1, 0.15) is 31.8 Å². The Kier molecular flexibility index (Phi) is 6.60. The third-order valence-corrected chi connectivity index (χ3v) is 5.54. The zero-order valence-electron chi connectivity index (χ0n) is 18.2. The Morgan fingerprint density at radius 1 is 0.818 bits per heavy atom. The number of nitrogens with one attached hydrogen (secondary N) is 2. The highest BCUT2D eigenvalue weighted by Crippen LogP contribution is 2.22. The molecule has 1 unspecified atom stereocenters. The average Bonchev–Trinajstić information content (AvgIpc) is 2.84. The molecule has 2 amide bonds. The summed E-state index contributed by atoms with van der Waals surface area (Å²) in [7, 11) is 0. The summed E-state index contributed by atoms with van der Waals surface area (Å²) in [5, 5.41) is 7.66. The highest BCUT2D eigenvalue weighted by Gasteiger charge is 2.20. The van der Waals surface area contributed by atoms with Gasteiger partial charge in [-0.3, -0.25) is 9.59 Å². The number of fused-ring (bicyclic) bond motifs is 1. The van der Waals surface area contributed by atoms with Crippen molar-refractivity contribution in [2.45, 2.75) is 19.4 Å². The van der Waals surface area contributed by atoms with E-state index in [9.17, 15) is 14.4 Å². The van der Waals surface area contributed by atoms with Crippen LogP contribution in [-0.2, 0) is 11.2 Å². The summed E-state index contributed by atoms with van der Waals surface area (Å²) in [6, 6.07) is 27.4. The van der Waals surface area contributed by atoms with Crippen LogP contribution in [0.3, 0.4) is 0 Å². The Balaban J connectivity index is 1.55. The van der Waals surface area contributed by atoms with Crippen LogP contribution in [0.2, 0.25) is 0 Å². The van der Waals surface area contributed by atoms with E-state index in [1.54, 1.807) is 31.2 Å². The molecule has 0 spiro atoms. The second-order valence-corrected chi connectivity index (χ2v) is 7.92. The van der Waals surface area contributed by atoms with E-state index in [0.717, 1.165) is 22.6 Å². The number of rotatable bonds is 7. The lowest BCUT2D eigenvalue weighted by Crippen LogP contribution is -2.38. The summed E-state index contributed by atoms with van der Waals surface area (Å²) < 4.78 is 0. The van der Waals surface area contributed by atoms with Gasteiger partial charge in [-0.05, 0) is 53.4 Å². The first kappa shape index (κ1) is 22.0. The molecule has 0 saturated heterocycles. The smallest absolute Gasteiger partial charge is 0.255 e. The van der Waals surface area contributed by atoms with Gasteiger partial charge in [-0.1, -0.05) is 72.8 Å². The molecule has 1 atom stereocenters. The number of anilines is 1. The summed E-state index contributed by atoms with van der Waals surface area (Å²) in [4.78, 5) is 37.7. The SMILES string of the molecule is Cc1cccc(NC(=O)c2ccc3ccccc3c2)c1C(=O)NC(C=O)Cc1ccccc1. The van der Waals surface area contributed by atoms with Gasteiger partial charge >= 0.3 is 0 Å². The molecule has 2 N–H and O–H groups in total. The molecule has 0 aliphatic heterocycles. The zero-order valence-corrected chi connectivity index (χ0v) is 18.2. The van der Waals surface area contributed by atoms with Crippen LogP contribution in [0, 0.1) is 6.92 Å². The zero-order chi connectivity index (χ0) is 23.2. The number of aryl methyl sites for hydroxylation is 1. The van der Waals surface area contributed by atoms with E-state index in [-0.39, 0.29) is 5.91 Å². The van der Waals surface area contributed by atoms with E-state index in [0.29, 0.717) is 28.8 Å². The highest BCUT2D eigenvalue weighted by atomic mass is 16.2. The van der Waals surface area contributed by atoms with Crippen LogP contribution in [0.25, 0.3) is 10.8 Å². The topological polar surface area (TPSA) is 75.3 Å². The van der Waals surface area contributed by atoms with Crippen LogP contribution >= 0.6 is 0 Å². The summed E-state index contributed by atoms with van der Waals surface area (Å²) in [6.45, 7) is 1.80. The Morgan fingerprint density at radius 3 is 2.30 bits per heavy atom. The summed E-state index contributed by atoms with van der Waals surface area (Å²) in [5.41, 5.74) is 2.88. The molecule has 33 heavy (non-hydrogen) atoms. The Bertz CT molecular complexity index is 1320. The van der Waals surface area contributed by atoms with Gasteiger partial charge < -0.3 is 15.4 Å². The van der Waals surface area contributed by atoms with Crippen LogP contribution in [0.15, 0.2) is 91.0 Å². The summed E-state index contributed by atoms with van der Waals surface area (Å²) in [6.07, 6.45) is 1.12. The van der Waals surface area contributed by atoms with Gasteiger partial charge in [0, 0.05) is 5.56 Å². The number of hydrogen-bond acceptors (Lipinski definition) is 3. The maximum atomic E-state index is 13.1. The Hall–Kier alpha value is -4.25. The second-order valence-electron chi connectivity index (χ2n) is 7.92. The molecule has 164 valence electrons. The summed E-state index contributed by atoms with van der Waals surface area (Å²) >= 11 is 0. The predicted octanol–water partition coefficient (Wildman–Crippen LogP) is 4.94. The van der Waals surface area contributed by atoms with E-state index >= 15 is 0 Å². The van der Waals surface area contributed by atoms with E-state index in [1.807, 2.05) is 66.7 Å². The number of carbonyl (C=O) groups excluding carboxylic acids is 3. The lowest BCUT2D eigenvalue weighted by molar-refractivity contribution is -0.109. The van der Waals surface area contributed by atoms with Crippen LogP contribution in [0.5, 0.6) is 0 Å². The number of aldehydes is 1. The number of benzene rings is 4. The van der Waals surface area contributed by atoms with Crippen molar-refractivity contribution in [3.05, 3.63) is 113 Å². The molecule has 0 bridgehead atoms. The van der Waals surface area contributed by atoms with Crippen molar-refractivity contribution in [3.8, 4) is 0 Å². The molecular weight excluding hydrogens is 412 g/mol. The molecule has 4 rings (SSSR count). The molecular formula is C28H24N2O3. The van der Waals surface area contributed by atoms with Crippen molar-refractivity contribution in [2.75, 3.05) is 5.32 Å². The van der Waals surface area contributed by atoms with E-state index in [2.05, 4.69) is 10.6 Å². The fourth-order valence-corrected chi connectivity index (χ4v) is 3.84. The van der Waals surface area contributed by atoms with Crippen LogP contribution in [-0.4, -0.2) is 24.1 Å². The highest BCUT2D eigenvalue weighted by molar-refractivity contribution is 6.11. The van der Waals surface area contributed by atoms with Gasteiger partial charge in [0.2, 0.25) is 0 Å². The van der Waals surface area contributed by atoms with Crippen molar-refractivity contribution >= 4 is 34.6 Å². The van der Waals surface area contributed by atoms with Crippen molar-refractivity contribution in [1.82, 2.24) is 5.32 Å². The molecule has 0 saturated carbocycles. The van der Waals surface area contributed by atoms with Gasteiger partial charge in [0.05, 0.1) is 17.3 Å². The molecule has 0 aliphatic carbocycles. The first-order valence-electron chi connectivity index (χ1n) is 10.7. The van der Waals surface area contributed by atoms with Gasteiger partial charge in [0.15, 0.2) is 0 Å². The van der Waals surface area contributed by atoms with Gasteiger partial charge in [-0.25, -0.2) is 0 Å². The molecule has 0 aromatic heterocycles. The molecule has 5 heteroatoms. The molecule has 5 nitrogen and oxygen atoms in total. The Labute approximate surface area is 192 Å². The quantitative estimate of drug-likeness (QED) is 0.403. The third-order valence-electron chi connectivity index (χ3n) is 5.54. The fourth-order valence-electron chi connectivity index (χ4n) is 3.84. The number of carbonyl (C=O) groups is 3. The first-order valence-corrected chi connectivity index (χ1v) is 10.7. The van der Waals surface area contributed by atoms with E-state index in [4.69, 9.17) is 0 Å². The monoisotopic (exact) mass is 436 g/mol. The molecule has 0 fully saturated rings. The van der Waals surface area contributed by atoms with Crippen LogP contribution in [0.4, 0.5) is 5.69 Å². The first-order chi connectivity index (χ1) is 16.0. The second kappa shape index (κ2) is 9.92. The number of amides is 2. The van der Waals surface area contributed by atoms with Crippen LogP contribution < -0.4 is 10.6 Å². The fraction of sp³-hybridized carbons (Fsp3) is 0.107.